The molecule has 114 valence electrons. The lowest BCUT2D eigenvalue weighted by atomic mass is 10.0. The van der Waals surface area contributed by atoms with Crippen LogP contribution < -0.4 is 0 Å². The van der Waals surface area contributed by atoms with Crippen LogP contribution in [-0.2, 0) is 0 Å². The molecule has 1 heterocycles. The summed E-state index contributed by atoms with van der Waals surface area (Å²) in [6.07, 6.45) is 11.3. The van der Waals surface area contributed by atoms with Crippen molar-refractivity contribution < 1.29 is 5.11 Å². The minimum absolute atomic E-state index is 0.342. The maximum atomic E-state index is 10.3. The smallest absolute Gasteiger partial charge is 0.0790 e. The van der Waals surface area contributed by atoms with E-state index in [9.17, 15) is 5.11 Å². The molecule has 1 unspecified atom stereocenters. The molecule has 1 aromatic carbocycles. The third-order valence-electron chi connectivity index (χ3n) is 4.09. The summed E-state index contributed by atoms with van der Waals surface area (Å²) in [7, 11) is 0. The average molecular weight is 285 g/mol. The SMILES string of the molecule is CCCCCCCCCC(O)c1ccc2ncccc2c1. The van der Waals surface area contributed by atoms with Crippen molar-refractivity contribution in [2.24, 2.45) is 0 Å². The van der Waals surface area contributed by atoms with Gasteiger partial charge in [-0.15, -0.1) is 0 Å². The summed E-state index contributed by atoms with van der Waals surface area (Å²) in [5, 5.41) is 11.4. The van der Waals surface area contributed by atoms with Crippen LogP contribution in [0.4, 0.5) is 0 Å². The zero-order valence-electron chi connectivity index (χ0n) is 13.1. The molecular weight excluding hydrogens is 258 g/mol. The van der Waals surface area contributed by atoms with Crippen molar-refractivity contribution in [3.63, 3.8) is 0 Å². The highest BCUT2D eigenvalue weighted by Gasteiger charge is 2.08. The molecule has 2 rings (SSSR count). The third kappa shape index (κ3) is 5.13. The summed E-state index contributed by atoms with van der Waals surface area (Å²) in [5.41, 5.74) is 2.01. The molecule has 0 amide bonds. The van der Waals surface area contributed by atoms with Crippen molar-refractivity contribution in [1.82, 2.24) is 4.98 Å². The summed E-state index contributed by atoms with van der Waals surface area (Å²) in [5.74, 6) is 0. The topological polar surface area (TPSA) is 33.1 Å². The Balaban J connectivity index is 1.75. The number of aromatic nitrogens is 1. The van der Waals surface area contributed by atoms with E-state index in [0.717, 1.165) is 29.3 Å². The number of unbranched alkanes of at least 4 members (excludes halogenated alkanes) is 6. The van der Waals surface area contributed by atoms with Gasteiger partial charge in [-0.25, -0.2) is 0 Å². The summed E-state index contributed by atoms with van der Waals surface area (Å²) >= 11 is 0. The molecule has 2 heteroatoms. The number of benzene rings is 1. The van der Waals surface area contributed by atoms with E-state index in [0.29, 0.717) is 0 Å². The van der Waals surface area contributed by atoms with Crippen molar-refractivity contribution in [1.29, 1.82) is 0 Å². The van der Waals surface area contributed by atoms with Crippen molar-refractivity contribution in [3.8, 4) is 0 Å². The van der Waals surface area contributed by atoms with Crippen molar-refractivity contribution >= 4 is 10.9 Å². The molecule has 0 fully saturated rings. The summed E-state index contributed by atoms with van der Waals surface area (Å²) in [6.45, 7) is 2.25. The quantitative estimate of drug-likeness (QED) is 0.625. The standard InChI is InChI=1S/C19H27NO/c1-2-3-4-5-6-7-8-11-19(21)17-12-13-18-16(15-17)10-9-14-20-18/h9-10,12-15,19,21H,2-8,11H2,1H3. The minimum Gasteiger partial charge on any atom is -0.388 e. The number of nitrogens with zero attached hydrogens (tertiary/aromatic N) is 1. The Morgan fingerprint density at radius 1 is 1.00 bits per heavy atom. The number of fused-ring (bicyclic) bond motifs is 1. The van der Waals surface area contributed by atoms with Gasteiger partial charge in [-0.05, 0) is 30.2 Å². The van der Waals surface area contributed by atoms with Gasteiger partial charge in [0.25, 0.3) is 0 Å². The summed E-state index contributed by atoms with van der Waals surface area (Å²) in [6, 6.07) is 10.1. The molecule has 0 saturated carbocycles. The van der Waals surface area contributed by atoms with Crippen LogP contribution >= 0.6 is 0 Å². The van der Waals surface area contributed by atoms with Crippen molar-refractivity contribution in [2.75, 3.05) is 0 Å². The second-order valence-corrected chi connectivity index (χ2v) is 5.88. The summed E-state index contributed by atoms with van der Waals surface area (Å²) in [4.78, 5) is 4.31. The Hall–Kier alpha value is -1.41. The van der Waals surface area contributed by atoms with E-state index in [1.54, 1.807) is 6.20 Å². The lowest BCUT2D eigenvalue weighted by Crippen LogP contribution is -1.97. The van der Waals surface area contributed by atoms with Crippen LogP contribution in [0.5, 0.6) is 0 Å². The monoisotopic (exact) mass is 285 g/mol. The molecule has 2 aromatic rings. The van der Waals surface area contributed by atoms with Crippen LogP contribution in [-0.4, -0.2) is 10.1 Å². The lowest BCUT2D eigenvalue weighted by molar-refractivity contribution is 0.163. The summed E-state index contributed by atoms with van der Waals surface area (Å²) < 4.78 is 0. The fraction of sp³-hybridized carbons (Fsp3) is 0.526. The number of pyridine rings is 1. The predicted molar refractivity (Wildman–Crippen MR) is 89.3 cm³/mol. The molecule has 0 aliphatic rings. The molecule has 0 bridgehead atoms. The van der Waals surface area contributed by atoms with E-state index >= 15 is 0 Å². The highest BCUT2D eigenvalue weighted by Crippen LogP contribution is 2.23. The van der Waals surface area contributed by atoms with E-state index < -0.39 is 0 Å². The van der Waals surface area contributed by atoms with Gasteiger partial charge in [-0.3, -0.25) is 4.98 Å². The Bertz CT molecular complexity index is 538. The Morgan fingerprint density at radius 3 is 2.57 bits per heavy atom. The first-order valence-electron chi connectivity index (χ1n) is 8.34. The Morgan fingerprint density at radius 2 is 1.76 bits per heavy atom. The minimum atomic E-state index is -0.342. The molecule has 1 aromatic heterocycles. The van der Waals surface area contributed by atoms with Gasteiger partial charge in [-0.2, -0.15) is 0 Å². The molecule has 0 aliphatic carbocycles. The second-order valence-electron chi connectivity index (χ2n) is 5.88. The first kappa shape index (κ1) is 16.0. The Kier molecular flexibility index (Phi) is 6.68. The van der Waals surface area contributed by atoms with Crippen LogP contribution in [0.2, 0.25) is 0 Å². The maximum absolute atomic E-state index is 10.3. The van der Waals surface area contributed by atoms with Crippen molar-refractivity contribution in [2.45, 2.75) is 64.4 Å². The molecule has 0 spiro atoms. The highest BCUT2D eigenvalue weighted by molar-refractivity contribution is 5.78. The van der Waals surface area contributed by atoms with Crippen LogP contribution in [0, 0.1) is 0 Å². The maximum Gasteiger partial charge on any atom is 0.0790 e. The lowest BCUT2D eigenvalue weighted by Gasteiger charge is -2.11. The van der Waals surface area contributed by atoms with Crippen LogP contribution in [0.1, 0.15) is 70.0 Å². The van der Waals surface area contributed by atoms with Gasteiger partial charge >= 0.3 is 0 Å². The third-order valence-corrected chi connectivity index (χ3v) is 4.09. The first-order valence-corrected chi connectivity index (χ1v) is 8.34. The molecule has 2 nitrogen and oxygen atoms in total. The van der Waals surface area contributed by atoms with Crippen LogP contribution in [0.3, 0.4) is 0 Å². The van der Waals surface area contributed by atoms with E-state index in [4.69, 9.17) is 0 Å². The van der Waals surface area contributed by atoms with Gasteiger partial charge in [0.15, 0.2) is 0 Å². The molecule has 0 aliphatic heterocycles. The molecule has 0 saturated heterocycles. The van der Waals surface area contributed by atoms with E-state index in [1.807, 2.05) is 24.3 Å². The molecule has 1 N–H and O–H groups in total. The number of hydrogen-bond acceptors (Lipinski definition) is 2. The van der Waals surface area contributed by atoms with Gasteiger partial charge in [0.05, 0.1) is 11.6 Å². The second kappa shape index (κ2) is 8.78. The highest BCUT2D eigenvalue weighted by atomic mass is 16.3. The fourth-order valence-electron chi connectivity index (χ4n) is 2.76. The molecule has 0 radical (unpaired) electrons. The van der Waals surface area contributed by atoms with Gasteiger partial charge in [0.1, 0.15) is 0 Å². The average Bonchev–Trinajstić information content (AvgIpc) is 2.53. The molecule has 1 atom stereocenters. The molecular formula is C19H27NO. The number of aliphatic hydroxyl groups is 1. The zero-order valence-corrected chi connectivity index (χ0v) is 13.1. The fourth-order valence-corrected chi connectivity index (χ4v) is 2.76. The predicted octanol–water partition coefficient (Wildman–Crippen LogP) is 5.41. The van der Waals surface area contributed by atoms with Crippen molar-refractivity contribution in [3.05, 3.63) is 42.1 Å². The van der Waals surface area contributed by atoms with Gasteiger partial charge in [0.2, 0.25) is 0 Å². The number of aliphatic hydroxyl groups excluding tert-OH is 1. The Labute approximate surface area is 128 Å². The van der Waals surface area contributed by atoms with Crippen LogP contribution in [0.25, 0.3) is 10.9 Å². The normalized spacial score (nSPS) is 12.7. The van der Waals surface area contributed by atoms with Crippen LogP contribution in [0.15, 0.2) is 36.5 Å². The molecule has 21 heavy (non-hydrogen) atoms. The van der Waals surface area contributed by atoms with Gasteiger partial charge in [-0.1, -0.05) is 64.0 Å². The van der Waals surface area contributed by atoms with E-state index in [2.05, 4.69) is 18.0 Å². The van der Waals surface area contributed by atoms with E-state index in [1.165, 1.54) is 38.5 Å². The zero-order chi connectivity index (χ0) is 14.9. The number of rotatable bonds is 9. The largest absolute Gasteiger partial charge is 0.388 e. The first-order chi connectivity index (χ1) is 10.3. The van der Waals surface area contributed by atoms with Gasteiger partial charge in [0, 0.05) is 11.6 Å². The van der Waals surface area contributed by atoms with E-state index in [-0.39, 0.29) is 6.10 Å². The number of hydrogen-bond donors (Lipinski definition) is 1. The van der Waals surface area contributed by atoms with Gasteiger partial charge < -0.3 is 5.11 Å².